The van der Waals surface area contributed by atoms with Gasteiger partial charge in [-0.1, -0.05) is 20.8 Å². The van der Waals surface area contributed by atoms with Crippen molar-refractivity contribution >= 4 is 16.5 Å². The monoisotopic (exact) mass is 229 g/mol. The number of aliphatic hydroxyl groups is 1. The molecule has 1 aromatic rings. The smallest absolute Gasteiger partial charge is 0.180 e. The van der Waals surface area contributed by atoms with Crippen molar-refractivity contribution in [1.29, 1.82) is 0 Å². The molecule has 1 aromatic heterocycles. The van der Waals surface area contributed by atoms with Gasteiger partial charge in [0, 0.05) is 23.7 Å². The van der Waals surface area contributed by atoms with Crippen LogP contribution in [0.1, 0.15) is 25.6 Å². The fourth-order valence-corrected chi connectivity index (χ4v) is 1.91. The molecule has 0 saturated carbocycles. The molecule has 0 saturated heterocycles. The number of nitrogen functional groups attached to an aromatic ring is 1. The van der Waals surface area contributed by atoms with Gasteiger partial charge in [-0.2, -0.15) is 0 Å². The topological polar surface area (TPSA) is 71.2 Å². The van der Waals surface area contributed by atoms with Gasteiger partial charge in [0.05, 0.1) is 6.61 Å². The molecule has 1 atom stereocenters. The van der Waals surface area contributed by atoms with E-state index in [1.807, 2.05) is 0 Å². The van der Waals surface area contributed by atoms with E-state index in [1.54, 1.807) is 6.20 Å². The minimum Gasteiger partial charge on any atom is -0.395 e. The molecule has 1 rings (SSSR count). The van der Waals surface area contributed by atoms with Crippen LogP contribution >= 0.6 is 11.3 Å². The fourth-order valence-electron chi connectivity index (χ4n) is 1.27. The number of anilines is 1. The van der Waals surface area contributed by atoms with Gasteiger partial charge in [0.1, 0.15) is 0 Å². The third kappa shape index (κ3) is 3.77. The molecule has 0 bridgehead atoms. The molecule has 0 aromatic carbocycles. The molecule has 15 heavy (non-hydrogen) atoms. The summed E-state index contributed by atoms with van der Waals surface area (Å²) in [7, 11) is 0. The quantitative estimate of drug-likeness (QED) is 0.726. The summed E-state index contributed by atoms with van der Waals surface area (Å²) < 4.78 is 0. The molecule has 5 heteroatoms. The minimum absolute atomic E-state index is 0.0466. The van der Waals surface area contributed by atoms with Crippen LogP contribution in [0, 0.1) is 5.41 Å². The standard InChI is InChI=1S/C10H19N3OS/c1-10(2,3)8(6-14)12-4-7-5-13-9(11)15-7/h5,8,12,14H,4,6H2,1-3H3,(H2,11,13). The first-order chi connectivity index (χ1) is 6.93. The van der Waals surface area contributed by atoms with Gasteiger partial charge in [0.25, 0.3) is 0 Å². The van der Waals surface area contributed by atoms with E-state index in [0.29, 0.717) is 11.7 Å². The molecule has 0 aliphatic carbocycles. The predicted octanol–water partition coefficient (Wildman–Crippen LogP) is 1.22. The Morgan fingerprint density at radius 1 is 1.60 bits per heavy atom. The van der Waals surface area contributed by atoms with Crippen LogP contribution in [0.3, 0.4) is 0 Å². The summed E-state index contributed by atoms with van der Waals surface area (Å²) >= 11 is 1.47. The number of aliphatic hydroxyl groups excluding tert-OH is 1. The molecular weight excluding hydrogens is 210 g/mol. The van der Waals surface area contributed by atoms with Crippen LogP contribution in [-0.4, -0.2) is 22.7 Å². The second kappa shape index (κ2) is 4.92. The fraction of sp³-hybridized carbons (Fsp3) is 0.700. The van der Waals surface area contributed by atoms with Crippen molar-refractivity contribution in [3.8, 4) is 0 Å². The Bertz CT molecular complexity index is 306. The van der Waals surface area contributed by atoms with E-state index in [0.717, 1.165) is 4.88 Å². The number of aromatic nitrogens is 1. The SMILES string of the molecule is CC(C)(C)C(CO)NCc1cnc(N)s1. The third-order valence-electron chi connectivity index (χ3n) is 2.32. The van der Waals surface area contributed by atoms with Gasteiger partial charge in [-0.25, -0.2) is 4.98 Å². The van der Waals surface area contributed by atoms with Crippen molar-refractivity contribution in [1.82, 2.24) is 10.3 Å². The lowest BCUT2D eigenvalue weighted by Crippen LogP contribution is -2.42. The summed E-state index contributed by atoms with van der Waals surface area (Å²) in [5, 5.41) is 13.1. The van der Waals surface area contributed by atoms with E-state index in [2.05, 4.69) is 31.1 Å². The van der Waals surface area contributed by atoms with Crippen LogP contribution in [-0.2, 0) is 6.54 Å². The zero-order chi connectivity index (χ0) is 11.5. The maximum absolute atomic E-state index is 9.25. The van der Waals surface area contributed by atoms with E-state index in [9.17, 15) is 5.11 Å². The zero-order valence-corrected chi connectivity index (χ0v) is 10.3. The third-order valence-corrected chi connectivity index (χ3v) is 3.15. The number of hydrogen-bond donors (Lipinski definition) is 3. The van der Waals surface area contributed by atoms with E-state index >= 15 is 0 Å². The van der Waals surface area contributed by atoms with Crippen LogP contribution in [0.5, 0.6) is 0 Å². The number of nitrogens with one attached hydrogen (secondary N) is 1. The van der Waals surface area contributed by atoms with E-state index < -0.39 is 0 Å². The molecule has 0 aliphatic heterocycles. The highest BCUT2D eigenvalue weighted by Gasteiger charge is 2.23. The lowest BCUT2D eigenvalue weighted by molar-refractivity contribution is 0.158. The first kappa shape index (κ1) is 12.4. The van der Waals surface area contributed by atoms with Crippen LogP contribution in [0.15, 0.2) is 6.20 Å². The molecule has 4 N–H and O–H groups in total. The summed E-state index contributed by atoms with van der Waals surface area (Å²) in [4.78, 5) is 5.07. The summed E-state index contributed by atoms with van der Waals surface area (Å²) in [6.07, 6.45) is 1.77. The Kier molecular flexibility index (Phi) is 4.07. The van der Waals surface area contributed by atoms with Gasteiger partial charge < -0.3 is 16.2 Å². The summed E-state index contributed by atoms with van der Waals surface area (Å²) in [5.41, 5.74) is 5.58. The van der Waals surface area contributed by atoms with Crippen molar-refractivity contribution < 1.29 is 5.11 Å². The Hall–Kier alpha value is -0.650. The first-order valence-electron chi connectivity index (χ1n) is 4.98. The van der Waals surface area contributed by atoms with Crippen molar-refractivity contribution in [2.75, 3.05) is 12.3 Å². The average molecular weight is 229 g/mol. The van der Waals surface area contributed by atoms with Crippen LogP contribution < -0.4 is 11.1 Å². The minimum atomic E-state index is 0.0466. The molecule has 0 fully saturated rings. The molecule has 0 aliphatic rings. The van der Waals surface area contributed by atoms with Crippen molar-refractivity contribution in [3.05, 3.63) is 11.1 Å². The zero-order valence-electron chi connectivity index (χ0n) is 9.45. The van der Waals surface area contributed by atoms with Crippen molar-refractivity contribution in [3.63, 3.8) is 0 Å². The Morgan fingerprint density at radius 2 is 2.27 bits per heavy atom. The second-order valence-electron chi connectivity index (χ2n) is 4.65. The normalized spacial score (nSPS) is 14.1. The summed E-state index contributed by atoms with van der Waals surface area (Å²) in [6, 6.07) is 0.0841. The van der Waals surface area contributed by atoms with Gasteiger partial charge in [0.15, 0.2) is 5.13 Å². The predicted molar refractivity (Wildman–Crippen MR) is 63.7 cm³/mol. The van der Waals surface area contributed by atoms with Gasteiger partial charge in [-0.05, 0) is 5.41 Å². The summed E-state index contributed by atoms with van der Waals surface area (Å²) in [5.74, 6) is 0. The van der Waals surface area contributed by atoms with Gasteiger partial charge in [-0.3, -0.25) is 0 Å². The van der Waals surface area contributed by atoms with E-state index in [4.69, 9.17) is 5.73 Å². The lowest BCUT2D eigenvalue weighted by Gasteiger charge is -2.29. The van der Waals surface area contributed by atoms with Gasteiger partial charge in [0.2, 0.25) is 0 Å². The summed E-state index contributed by atoms with van der Waals surface area (Å²) in [6.45, 7) is 7.14. The molecule has 0 spiro atoms. The number of hydrogen-bond acceptors (Lipinski definition) is 5. The van der Waals surface area contributed by atoms with Gasteiger partial charge in [-0.15, -0.1) is 11.3 Å². The van der Waals surface area contributed by atoms with Gasteiger partial charge >= 0.3 is 0 Å². The Labute approximate surface area is 94.5 Å². The van der Waals surface area contributed by atoms with E-state index in [1.165, 1.54) is 11.3 Å². The Morgan fingerprint density at radius 3 is 2.67 bits per heavy atom. The average Bonchev–Trinajstić information content (AvgIpc) is 2.50. The molecule has 0 amide bonds. The second-order valence-corrected chi connectivity index (χ2v) is 5.79. The van der Waals surface area contributed by atoms with E-state index in [-0.39, 0.29) is 18.1 Å². The highest BCUT2D eigenvalue weighted by atomic mass is 32.1. The number of nitrogens with zero attached hydrogens (tertiary/aromatic N) is 1. The maximum Gasteiger partial charge on any atom is 0.180 e. The molecule has 4 nitrogen and oxygen atoms in total. The Balaban J connectivity index is 2.48. The highest BCUT2D eigenvalue weighted by molar-refractivity contribution is 7.15. The molecule has 0 radical (unpaired) electrons. The molecule has 1 heterocycles. The highest BCUT2D eigenvalue weighted by Crippen LogP contribution is 2.20. The molecule has 86 valence electrons. The lowest BCUT2D eigenvalue weighted by atomic mass is 9.87. The molecular formula is C10H19N3OS. The van der Waals surface area contributed by atoms with Crippen molar-refractivity contribution in [2.45, 2.75) is 33.4 Å². The van der Waals surface area contributed by atoms with Crippen LogP contribution in [0.2, 0.25) is 0 Å². The number of rotatable bonds is 4. The van der Waals surface area contributed by atoms with Crippen LogP contribution in [0.4, 0.5) is 5.13 Å². The largest absolute Gasteiger partial charge is 0.395 e. The maximum atomic E-state index is 9.25. The molecule has 1 unspecified atom stereocenters. The number of thiazole rings is 1. The van der Waals surface area contributed by atoms with Crippen LogP contribution in [0.25, 0.3) is 0 Å². The first-order valence-corrected chi connectivity index (χ1v) is 5.79. The van der Waals surface area contributed by atoms with Crippen molar-refractivity contribution in [2.24, 2.45) is 5.41 Å². The number of nitrogens with two attached hydrogens (primary N) is 1.